The van der Waals surface area contributed by atoms with Gasteiger partial charge in [-0.3, -0.25) is 9.59 Å². The summed E-state index contributed by atoms with van der Waals surface area (Å²) in [4.78, 5) is 23.2. The molecule has 0 aromatic carbocycles. The van der Waals surface area contributed by atoms with Crippen LogP contribution in [0.4, 0.5) is 0 Å². The van der Waals surface area contributed by atoms with Gasteiger partial charge in [0.05, 0.1) is 17.9 Å². The highest BCUT2D eigenvalue weighted by Gasteiger charge is 2.35. The van der Waals surface area contributed by atoms with E-state index in [0.29, 0.717) is 19.4 Å². The van der Waals surface area contributed by atoms with E-state index in [2.05, 4.69) is 5.32 Å². The molecule has 3 atom stereocenters. The van der Waals surface area contributed by atoms with E-state index in [9.17, 15) is 9.59 Å². The van der Waals surface area contributed by atoms with Gasteiger partial charge in [0.1, 0.15) is 0 Å². The molecule has 0 aromatic heterocycles. The van der Waals surface area contributed by atoms with Gasteiger partial charge in [0.25, 0.3) is 0 Å². The molecule has 1 aliphatic carbocycles. The Hall–Kier alpha value is -1.10. The molecular formula is C13H21NO4. The van der Waals surface area contributed by atoms with Crippen LogP contribution in [0.5, 0.6) is 0 Å². The first kappa shape index (κ1) is 13.3. The van der Waals surface area contributed by atoms with Crippen LogP contribution in [0, 0.1) is 11.8 Å². The fourth-order valence-electron chi connectivity index (χ4n) is 2.89. The minimum Gasteiger partial charge on any atom is -0.481 e. The predicted molar refractivity (Wildman–Crippen MR) is 65.1 cm³/mol. The van der Waals surface area contributed by atoms with Gasteiger partial charge in [0.2, 0.25) is 5.91 Å². The standard InChI is InChI=1S/C13H21NO4/c15-12(14-8-9-4-3-7-18-9)10-5-1-2-6-11(10)13(16)17/h9-11H,1-8H2,(H,14,15)(H,16,17). The number of carbonyl (C=O) groups is 2. The lowest BCUT2D eigenvalue weighted by Gasteiger charge is -2.27. The largest absolute Gasteiger partial charge is 0.481 e. The summed E-state index contributed by atoms with van der Waals surface area (Å²) in [5.41, 5.74) is 0. The Morgan fingerprint density at radius 1 is 1.11 bits per heavy atom. The Bertz CT molecular complexity index is 312. The van der Waals surface area contributed by atoms with E-state index >= 15 is 0 Å². The topological polar surface area (TPSA) is 75.6 Å². The maximum atomic E-state index is 12.0. The second kappa shape index (κ2) is 6.18. The number of carboxylic acid groups (broad SMARTS) is 1. The van der Waals surface area contributed by atoms with Crippen molar-refractivity contribution in [2.24, 2.45) is 11.8 Å². The number of carboxylic acids is 1. The minimum atomic E-state index is -0.841. The summed E-state index contributed by atoms with van der Waals surface area (Å²) in [6.45, 7) is 1.28. The highest BCUT2D eigenvalue weighted by atomic mass is 16.5. The summed E-state index contributed by atoms with van der Waals surface area (Å²) in [7, 11) is 0. The summed E-state index contributed by atoms with van der Waals surface area (Å²) in [5.74, 6) is -1.83. The van der Waals surface area contributed by atoms with Crippen LogP contribution in [-0.4, -0.2) is 36.2 Å². The first-order chi connectivity index (χ1) is 8.68. The lowest BCUT2D eigenvalue weighted by Crippen LogP contribution is -2.42. The molecule has 0 spiro atoms. The number of ether oxygens (including phenoxy) is 1. The Kier molecular flexibility index (Phi) is 4.58. The Labute approximate surface area is 107 Å². The first-order valence-corrected chi connectivity index (χ1v) is 6.80. The van der Waals surface area contributed by atoms with Gasteiger partial charge in [-0.25, -0.2) is 0 Å². The number of rotatable bonds is 4. The third kappa shape index (κ3) is 3.22. The molecule has 1 saturated heterocycles. The molecule has 1 heterocycles. The lowest BCUT2D eigenvalue weighted by molar-refractivity contribution is -0.149. The zero-order valence-electron chi connectivity index (χ0n) is 10.6. The molecule has 0 bridgehead atoms. The van der Waals surface area contributed by atoms with Crippen LogP contribution < -0.4 is 5.32 Å². The lowest BCUT2D eigenvalue weighted by atomic mass is 9.78. The normalized spacial score (nSPS) is 32.1. The van der Waals surface area contributed by atoms with Crippen molar-refractivity contribution in [3.05, 3.63) is 0 Å². The van der Waals surface area contributed by atoms with Crippen molar-refractivity contribution in [3.8, 4) is 0 Å². The van der Waals surface area contributed by atoms with Crippen LogP contribution in [0.15, 0.2) is 0 Å². The van der Waals surface area contributed by atoms with Gasteiger partial charge in [-0.05, 0) is 25.7 Å². The number of aliphatic carboxylic acids is 1. The summed E-state index contributed by atoms with van der Waals surface area (Å²) < 4.78 is 5.43. The van der Waals surface area contributed by atoms with Gasteiger partial charge < -0.3 is 15.2 Å². The van der Waals surface area contributed by atoms with E-state index in [-0.39, 0.29) is 17.9 Å². The third-order valence-corrected chi connectivity index (χ3v) is 3.95. The van der Waals surface area contributed by atoms with Crippen molar-refractivity contribution in [3.63, 3.8) is 0 Å². The zero-order valence-corrected chi connectivity index (χ0v) is 10.6. The van der Waals surface area contributed by atoms with Crippen molar-refractivity contribution < 1.29 is 19.4 Å². The predicted octanol–water partition coefficient (Wildman–Crippen LogP) is 1.17. The summed E-state index contributed by atoms with van der Waals surface area (Å²) in [6, 6.07) is 0. The molecule has 2 aliphatic rings. The van der Waals surface area contributed by atoms with Crippen molar-refractivity contribution in [2.45, 2.75) is 44.6 Å². The van der Waals surface area contributed by atoms with Crippen molar-refractivity contribution in [1.82, 2.24) is 5.32 Å². The van der Waals surface area contributed by atoms with Crippen molar-refractivity contribution in [2.75, 3.05) is 13.2 Å². The molecular weight excluding hydrogens is 234 g/mol. The Morgan fingerprint density at radius 3 is 2.44 bits per heavy atom. The number of hydrogen-bond acceptors (Lipinski definition) is 3. The molecule has 1 amide bonds. The van der Waals surface area contributed by atoms with Crippen molar-refractivity contribution in [1.29, 1.82) is 0 Å². The van der Waals surface area contributed by atoms with Gasteiger partial charge in [-0.2, -0.15) is 0 Å². The molecule has 2 rings (SSSR count). The van der Waals surface area contributed by atoms with Crippen LogP contribution in [-0.2, 0) is 14.3 Å². The maximum absolute atomic E-state index is 12.0. The van der Waals surface area contributed by atoms with Crippen molar-refractivity contribution >= 4 is 11.9 Å². The monoisotopic (exact) mass is 255 g/mol. The zero-order chi connectivity index (χ0) is 13.0. The quantitative estimate of drug-likeness (QED) is 0.790. The van der Waals surface area contributed by atoms with Gasteiger partial charge in [0, 0.05) is 13.2 Å². The van der Waals surface area contributed by atoms with E-state index in [0.717, 1.165) is 32.3 Å². The average molecular weight is 255 g/mol. The summed E-state index contributed by atoms with van der Waals surface area (Å²) >= 11 is 0. The van der Waals surface area contributed by atoms with Crippen LogP contribution >= 0.6 is 0 Å². The molecule has 2 N–H and O–H groups in total. The van der Waals surface area contributed by atoms with E-state index in [1.54, 1.807) is 0 Å². The minimum absolute atomic E-state index is 0.112. The number of nitrogens with one attached hydrogen (secondary N) is 1. The maximum Gasteiger partial charge on any atom is 0.307 e. The van der Waals surface area contributed by atoms with Crippen LogP contribution in [0.1, 0.15) is 38.5 Å². The fourth-order valence-corrected chi connectivity index (χ4v) is 2.89. The van der Waals surface area contributed by atoms with Gasteiger partial charge >= 0.3 is 5.97 Å². The summed E-state index contributed by atoms with van der Waals surface area (Å²) in [5, 5.41) is 12.0. The van der Waals surface area contributed by atoms with Gasteiger partial charge in [0.15, 0.2) is 0 Å². The number of carbonyl (C=O) groups excluding carboxylic acids is 1. The molecule has 2 fully saturated rings. The smallest absolute Gasteiger partial charge is 0.307 e. The molecule has 0 aromatic rings. The second-order valence-corrected chi connectivity index (χ2v) is 5.22. The highest BCUT2D eigenvalue weighted by Crippen LogP contribution is 2.30. The first-order valence-electron chi connectivity index (χ1n) is 6.80. The molecule has 18 heavy (non-hydrogen) atoms. The molecule has 3 unspecified atom stereocenters. The van der Waals surface area contributed by atoms with E-state index < -0.39 is 11.9 Å². The van der Waals surface area contributed by atoms with Crippen LogP contribution in [0.2, 0.25) is 0 Å². The molecule has 0 radical (unpaired) electrons. The average Bonchev–Trinajstić information content (AvgIpc) is 2.89. The second-order valence-electron chi connectivity index (χ2n) is 5.22. The van der Waals surface area contributed by atoms with Crippen LogP contribution in [0.3, 0.4) is 0 Å². The highest BCUT2D eigenvalue weighted by molar-refractivity contribution is 5.84. The molecule has 5 nitrogen and oxygen atoms in total. The fraction of sp³-hybridized carbons (Fsp3) is 0.846. The van der Waals surface area contributed by atoms with Gasteiger partial charge in [-0.15, -0.1) is 0 Å². The Morgan fingerprint density at radius 2 is 1.83 bits per heavy atom. The van der Waals surface area contributed by atoms with E-state index in [1.165, 1.54) is 0 Å². The number of hydrogen-bond donors (Lipinski definition) is 2. The molecule has 1 saturated carbocycles. The molecule has 102 valence electrons. The number of amides is 1. The molecule has 5 heteroatoms. The SMILES string of the molecule is O=C(O)C1CCCCC1C(=O)NCC1CCCO1. The van der Waals surface area contributed by atoms with Crippen LogP contribution in [0.25, 0.3) is 0 Å². The Balaban J connectivity index is 1.83. The van der Waals surface area contributed by atoms with Gasteiger partial charge in [-0.1, -0.05) is 12.8 Å². The third-order valence-electron chi connectivity index (χ3n) is 3.95. The van der Waals surface area contributed by atoms with E-state index in [4.69, 9.17) is 9.84 Å². The summed E-state index contributed by atoms with van der Waals surface area (Å²) in [6.07, 6.45) is 5.30. The molecule has 1 aliphatic heterocycles. The van der Waals surface area contributed by atoms with E-state index in [1.807, 2.05) is 0 Å².